The normalized spacial score (nSPS) is 14.8. The molecule has 0 spiro atoms. The summed E-state index contributed by atoms with van der Waals surface area (Å²) in [6.45, 7) is 3.98. The molecule has 1 atom stereocenters. The number of aryl methyl sites for hydroxylation is 1. The second-order valence-electron chi connectivity index (χ2n) is 8.16. The number of aromatic nitrogens is 2. The summed E-state index contributed by atoms with van der Waals surface area (Å²) in [4.78, 5) is 2.28. The monoisotopic (exact) mass is 409 g/mol. The second kappa shape index (κ2) is 8.98. The average Bonchev–Trinajstić information content (AvgIpc) is 3.49. The molecule has 0 amide bonds. The van der Waals surface area contributed by atoms with Crippen molar-refractivity contribution in [2.45, 2.75) is 32.4 Å². The molecule has 0 radical (unpaired) electrons. The smallest absolute Gasteiger partial charge is 0.222 e. The van der Waals surface area contributed by atoms with Gasteiger partial charge in [0.15, 0.2) is 0 Å². The first-order valence-electron chi connectivity index (χ1n) is 10.4. The molecular weight excluding hydrogens is 381 g/mol. The Labute approximate surface area is 176 Å². The van der Waals surface area contributed by atoms with E-state index in [1.807, 2.05) is 44.3 Å². The summed E-state index contributed by atoms with van der Waals surface area (Å²) in [5, 5.41) is 14.8. The van der Waals surface area contributed by atoms with Crippen molar-refractivity contribution < 1.29 is 14.2 Å². The van der Waals surface area contributed by atoms with Gasteiger partial charge in [0.1, 0.15) is 17.3 Å². The van der Waals surface area contributed by atoms with Crippen LogP contribution in [0.1, 0.15) is 25.3 Å². The van der Waals surface area contributed by atoms with Crippen LogP contribution in [0.15, 0.2) is 54.6 Å². The number of ether oxygens (including phenoxy) is 1. The minimum Gasteiger partial charge on any atom is -0.439 e. The first-order valence-corrected chi connectivity index (χ1v) is 10.4. The van der Waals surface area contributed by atoms with Gasteiger partial charge in [0.05, 0.1) is 11.7 Å². The fraction of sp³-hybridized carbons (Fsp3) is 0.375. The van der Waals surface area contributed by atoms with Crippen LogP contribution in [0.25, 0.3) is 11.3 Å². The van der Waals surface area contributed by atoms with Crippen molar-refractivity contribution in [3.05, 3.63) is 66.0 Å². The molecule has 0 bridgehead atoms. The van der Waals surface area contributed by atoms with E-state index in [9.17, 15) is 9.50 Å². The predicted molar refractivity (Wildman–Crippen MR) is 115 cm³/mol. The summed E-state index contributed by atoms with van der Waals surface area (Å²) in [5.41, 5.74) is 2.84. The minimum atomic E-state index is -0.415. The maximum atomic E-state index is 13.3. The van der Waals surface area contributed by atoms with Gasteiger partial charge in [0.25, 0.3) is 0 Å². The van der Waals surface area contributed by atoms with Crippen molar-refractivity contribution >= 4 is 0 Å². The molecule has 0 unspecified atom stereocenters. The third kappa shape index (κ3) is 5.07. The third-order valence-electron chi connectivity index (χ3n) is 5.28. The van der Waals surface area contributed by atoms with Gasteiger partial charge in [-0.3, -0.25) is 4.90 Å². The predicted octanol–water partition coefficient (Wildman–Crippen LogP) is 4.61. The lowest BCUT2D eigenvalue weighted by molar-refractivity contribution is 0.119. The summed E-state index contributed by atoms with van der Waals surface area (Å²) in [7, 11) is 1.86. The van der Waals surface area contributed by atoms with E-state index in [0.29, 0.717) is 30.6 Å². The fourth-order valence-electron chi connectivity index (χ4n) is 3.73. The Morgan fingerprint density at radius 1 is 1.17 bits per heavy atom. The van der Waals surface area contributed by atoms with Crippen LogP contribution in [0.5, 0.6) is 11.6 Å². The average molecular weight is 410 g/mol. The Hall–Kier alpha value is -2.70. The third-order valence-corrected chi connectivity index (χ3v) is 5.28. The Morgan fingerprint density at radius 2 is 1.87 bits per heavy atom. The van der Waals surface area contributed by atoms with Crippen LogP contribution in [0.2, 0.25) is 0 Å². The highest BCUT2D eigenvalue weighted by atomic mass is 19.1. The summed E-state index contributed by atoms with van der Waals surface area (Å²) in [6.07, 6.45) is 2.07. The zero-order valence-electron chi connectivity index (χ0n) is 17.5. The second-order valence-corrected chi connectivity index (χ2v) is 8.16. The van der Waals surface area contributed by atoms with E-state index in [1.165, 1.54) is 25.0 Å². The quantitative estimate of drug-likeness (QED) is 0.561. The molecule has 1 fully saturated rings. The number of hydrogen-bond acceptors (Lipinski definition) is 4. The lowest BCUT2D eigenvalue weighted by Crippen LogP contribution is -2.32. The van der Waals surface area contributed by atoms with E-state index in [2.05, 4.69) is 4.90 Å². The van der Waals surface area contributed by atoms with Crippen LogP contribution >= 0.6 is 0 Å². The van der Waals surface area contributed by atoms with Crippen LogP contribution in [0.3, 0.4) is 0 Å². The molecule has 4 rings (SSSR count). The number of benzene rings is 2. The van der Waals surface area contributed by atoms with E-state index in [-0.39, 0.29) is 5.82 Å². The van der Waals surface area contributed by atoms with Gasteiger partial charge in [-0.15, -0.1) is 0 Å². The van der Waals surface area contributed by atoms with Gasteiger partial charge < -0.3 is 9.84 Å². The summed E-state index contributed by atoms with van der Waals surface area (Å²) < 4.78 is 21.2. The van der Waals surface area contributed by atoms with Gasteiger partial charge in [-0.05, 0) is 49.9 Å². The molecule has 6 heteroatoms. The molecule has 158 valence electrons. The van der Waals surface area contributed by atoms with E-state index >= 15 is 0 Å². The maximum Gasteiger partial charge on any atom is 0.222 e. The van der Waals surface area contributed by atoms with Crippen LogP contribution in [-0.4, -0.2) is 39.0 Å². The SMILES string of the molecule is C[C@@H](O)CN(Cc1c(-c2ccccc2)nn(C)c1Oc1ccc(F)cc1)CC1CC1. The van der Waals surface area contributed by atoms with Crippen LogP contribution in [-0.2, 0) is 13.6 Å². The van der Waals surface area contributed by atoms with E-state index in [1.54, 1.807) is 16.8 Å². The topological polar surface area (TPSA) is 50.5 Å². The Kier molecular flexibility index (Phi) is 6.16. The molecule has 1 aliphatic rings. The Balaban J connectivity index is 1.71. The van der Waals surface area contributed by atoms with Crippen LogP contribution in [0.4, 0.5) is 4.39 Å². The summed E-state index contributed by atoms with van der Waals surface area (Å²) in [6, 6.07) is 16.0. The maximum absolute atomic E-state index is 13.3. The number of rotatable bonds is 9. The van der Waals surface area contributed by atoms with Gasteiger partial charge in [-0.1, -0.05) is 30.3 Å². The molecule has 1 N–H and O–H groups in total. The summed E-state index contributed by atoms with van der Waals surface area (Å²) in [5.74, 6) is 1.59. The number of aliphatic hydroxyl groups is 1. The molecule has 0 aliphatic heterocycles. The van der Waals surface area contributed by atoms with Gasteiger partial charge in [-0.2, -0.15) is 5.10 Å². The molecule has 1 saturated carbocycles. The number of halogens is 1. The van der Waals surface area contributed by atoms with Crippen molar-refractivity contribution in [1.82, 2.24) is 14.7 Å². The first-order chi connectivity index (χ1) is 14.5. The van der Waals surface area contributed by atoms with E-state index < -0.39 is 6.10 Å². The lowest BCUT2D eigenvalue weighted by Gasteiger charge is -2.24. The highest BCUT2D eigenvalue weighted by molar-refractivity contribution is 5.65. The van der Waals surface area contributed by atoms with E-state index in [0.717, 1.165) is 23.4 Å². The number of hydrogen-bond donors (Lipinski definition) is 1. The number of aliphatic hydroxyl groups excluding tert-OH is 1. The molecule has 1 aromatic heterocycles. The van der Waals surface area contributed by atoms with Gasteiger partial charge >= 0.3 is 0 Å². The first kappa shape index (κ1) is 20.6. The van der Waals surface area contributed by atoms with Gasteiger partial charge in [0, 0.05) is 32.2 Å². The highest BCUT2D eigenvalue weighted by Crippen LogP contribution is 2.36. The van der Waals surface area contributed by atoms with E-state index in [4.69, 9.17) is 9.84 Å². The van der Waals surface area contributed by atoms with Gasteiger partial charge in [0.2, 0.25) is 5.88 Å². The molecule has 0 saturated heterocycles. The molecule has 3 aromatic rings. The van der Waals surface area contributed by atoms with Gasteiger partial charge in [-0.25, -0.2) is 9.07 Å². The van der Waals surface area contributed by atoms with Crippen molar-refractivity contribution in [3.63, 3.8) is 0 Å². The van der Waals surface area contributed by atoms with Crippen molar-refractivity contribution in [2.75, 3.05) is 13.1 Å². The zero-order valence-corrected chi connectivity index (χ0v) is 17.5. The Morgan fingerprint density at radius 3 is 2.50 bits per heavy atom. The summed E-state index contributed by atoms with van der Waals surface area (Å²) >= 11 is 0. The standard InChI is InChI=1S/C24H28FN3O2/c1-17(29)14-28(15-18-8-9-18)16-22-23(19-6-4-3-5-7-19)26-27(2)24(22)30-21-12-10-20(25)11-13-21/h3-7,10-13,17-18,29H,8-9,14-16H2,1-2H3/t17-/m1/s1. The van der Waals surface area contributed by atoms with Crippen molar-refractivity contribution in [2.24, 2.45) is 13.0 Å². The molecule has 30 heavy (non-hydrogen) atoms. The van der Waals surface area contributed by atoms with Crippen molar-refractivity contribution in [1.29, 1.82) is 0 Å². The molecule has 2 aromatic carbocycles. The Bertz CT molecular complexity index is 962. The molecular formula is C24H28FN3O2. The zero-order chi connectivity index (χ0) is 21.1. The molecule has 1 heterocycles. The lowest BCUT2D eigenvalue weighted by atomic mass is 10.1. The number of nitrogens with zero attached hydrogens (tertiary/aromatic N) is 3. The minimum absolute atomic E-state index is 0.301. The van der Waals surface area contributed by atoms with Crippen LogP contribution < -0.4 is 4.74 Å². The molecule has 5 nitrogen and oxygen atoms in total. The largest absolute Gasteiger partial charge is 0.439 e. The van der Waals surface area contributed by atoms with Crippen LogP contribution in [0, 0.1) is 11.7 Å². The van der Waals surface area contributed by atoms with Crippen molar-refractivity contribution in [3.8, 4) is 22.9 Å². The highest BCUT2D eigenvalue weighted by Gasteiger charge is 2.28. The molecule has 1 aliphatic carbocycles. The fourth-order valence-corrected chi connectivity index (χ4v) is 3.73.